The maximum Gasteiger partial charge on any atom is 0.242 e. The zero-order valence-electron chi connectivity index (χ0n) is 17.2. The van der Waals surface area contributed by atoms with Crippen molar-refractivity contribution in [3.8, 4) is 0 Å². The van der Waals surface area contributed by atoms with Gasteiger partial charge < -0.3 is 0 Å². The lowest BCUT2D eigenvalue weighted by molar-refractivity contribution is 1.34. The smallest absolute Gasteiger partial charge is 0.0667 e. The summed E-state index contributed by atoms with van der Waals surface area (Å²) >= 11 is 0. The summed E-state index contributed by atoms with van der Waals surface area (Å²) in [5.41, 5.74) is 13.9. The Balaban J connectivity index is 2.39. The maximum atomic E-state index is 2.33. The van der Waals surface area contributed by atoms with E-state index in [1.54, 1.807) is 0 Å². The highest BCUT2D eigenvalue weighted by atomic mass is 14.1. The van der Waals surface area contributed by atoms with E-state index in [1.165, 1.54) is 55.3 Å². The van der Waals surface area contributed by atoms with Crippen molar-refractivity contribution in [1.29, 1.82) is 0 Å². The van der Waals surface area contributed by atoms with Crippen molar-refractivity contribution in [1.82, 2.24) is 0 Å². The third-order valence-electron chi connectivity index (χ3n) is 5.55. The molecule has 0 radical (unpaired) electrons. The Morgan fingerprint density at radius 1 is 0.500 bits per heavy atom. The molecule has 0 saturated carbocycles. The van der Waals surface area contributed by atoms with Crippen LogP contribution < -0.4 is 16.4 Å². The zero-order valence-corrected chi connectivity index (χ0v) is 17.2. The minimum atomic E-state index is 0.275. The molecule has 0 N–H and O–H groups in total. The van der Waals surface area contributed by atoms with E-state index in [4.69, 9.17) is 0 Å². The number of aryl methyl sites for hydroxylation is 7. The number of rotatable bonds is 3. The molecule has 0 nitrogen and oxygen atoms in total. The van der Waals surface area contributed by atoms with Gasteiger partial charge in [0.25, 0.3) is 0 Å². The molecule has 0 saturated heterocycles. The molecule has 0 fully saturated rings. The van der Waals surface area contributed by atoms with E-state index in [0.717, 1.165) is 0 Å². The standard InChI is InChI=1S/C25H29B/c1-16-12-19(4)24(20(5)13-16)26(23-11-9-8-10-18(23)3)25-21(6)14-17(2)15-22(25)7/h8-15H,1-7H3. The van der Waals surface area contributed by atoms with Crippen LogP contribution in [-0.4, -0.2) is 6.71 Å². The summed E-state index contributed by atoms with van der Waals surface area (Å²) in [6.07, 6.45) is 0. The van der Waals surface area contributed by atoms with E-state index >= 15 is 0 Å². The Morgan fingerprint density at radius 3 is 1.27 bits per heavy atom. The Morgan fingerprint density at radius 2 is 0.885 bits per heavy atom. The van der Waals surface area contributed by atoms with E-state index in [-0.39, 0.29) is 6.71 Å². The average molecular weight is 340 g/mol. The molecule has 0 bridgehead atoms. The van der Waals surface area contributed by atoms with Crippen molar-refractivity contribution in [3.63, 3.8) is 0 Å². The second-order valence-corrected chi connectivity index (χ2v) is 7.91. The van der Waals surface area contributed by atoms with Crippen molar-refractivity contribution in [2.75, 3.05) is 0 Å². The summed E-state index contributed by atoms with van der Waals surface area (Å²) in [5.74, 6) is 0. The Kier molecular flexibility index (Phi) is 5.09. The molecule has 3 rings (SSSR count). The topological polar surface area (TPSA) is 0 Å². The van der Waals surface area contributed by atoms with E-state index in [9.17, 15) is 0 Å². The summed E-state index contributed by atoms with van der Waals surface area (Å²) in [7, 11) is 0. The first-order valence-electron chi connectivity index (χ1n) is 9.50. The van der Waals surface area contributed by atoms with Gasteiger partial charge in [-0.15, -0.1) is 0 Å². The highest BCUT2D eigenvalue weighted by Crippen LogP contribution is 2.13. The largest absolute Gasteiger partial charge is 0.242 e. The van der Waals surface area contributed by atoms with Crippen LogP contribution in [0.25, 0.3) is 0 Å². The predicted molar refractivity (Wildman–Crippen MR) is 117 cm³/mol. The van der Waals surface area contributed by atoms with E-state index < -0.39 is 0 Å². The maximum absolute atomic E-state index is 2.33. The fourth-order valence-electron chi connectivity index (χ4n) is 4.66. The van der Waals surface area contributed by atoms with Crippen LogP contribution in [0.5, 0.6) is 0 Å². The normalized spacial score (nSPS) is 10.9. The SMILES string of the molecule is Cc1cc(C)c(B(c2ccccc2C)c2c(C)cc(C)cc2C)c(C)c1. The lowest BCUT2D eigenvalue weighted by Crippen LogP contribution is -2.56. The fraction of sp³-hybridized carbons (Fsp3) is 0.280. The molecule has 0 unspecified atom stereocenters. The third kappa shape index (κ3) is 3.36. The Labute approximate surface area is 159 Å². The summed E-state index contributed by atoms with van der Waals surface area (Å²) in [5, 5.41) is 0. The van der Waals surface area contributed by atoms with E-state index in [2.05, 4.69) is 97.0 Å². The van der Waals surface area contributed by atoms with Gasteiger partial charge >= 0.3 is 0 Å². The van der Waals surface area contributed by atoms with Crippen molar-refractivity contribution < 1.29 is 0 Å². The van der Waals surface area contributed by atoms with Crippen LogP contribution in [0.15, 0.2) is 48.5 Å². The van der Waals surface area contributed by atoms with Crippen LogP contribution in [0.1, 0.15) is 38.9 Å². The highest BCUT2D eigenvalue weighted by molar-refractivity contribution is 6.96. The molecule has 0 aliphatic heterocycles. The van der Waals surface area contributed by atoms with Crippen LogP contribution in [0.4, 0.5) is 0 Å². The molecule has 0 atom stereocenters. The fourth-order valence-corrected chi connectivity index (χ4v) is 4.66. The molecule has 0 spiro atoms. The van der Waals surface area contributed by atoms with Gasteiger partial charge in [0.15, 0.2) is 0 Å². The van der Waals surface area contributed by atoms with Gasteiger partial charge in [0.1, 0.15) is 0 Å². The first-order chi connectivity index (χ1) is 12.3. The number of hydrogen-bond acceptors (Lipinski definition) is 0. The highest BCUT2D eigenvalue weighted by Gasteiger charge is 2.29. The molecule has 0 amide bonds. The lowest BCUT2D eigenvalue weighted by Gasteiger charge is -2.25. The molecule has 0 aliphatic carbocycles. The van der Waals surface area contributed by atoms with Crippen LogP contribution in [0.2, 0.25) is 0 Å². The average Bonchev–Trinajstić information content (AvgIpc) is 2.52. The molecular formula is C25H29B. The van der Waals surface area contributed by atoms with Crippen LogP contribution in [-0.2, 0) is 0 Å². The van der Waals surface area contributed by atoms with Gasteiger partial charge in [0.2, 0.25) is 6.71 Å². The zero-order chi connectivity index (χ0) is 19.0. The van der Waals surface area contributed by atoms with Crippen molar-refractivity contribution in [2.45, 2.75) is 48.5 Å². The Hall–Kier alpha value is -2.28. The third-order valence-corrected chi connectivity index (χ3v) is 5.55. The summed E-state index contributed by atoms with van der Waals surface area (Å²) in [4.78, 5) is 0. The van der Waals surface area contributed by atoms with Gasteiger partial charge in [0.05, 0.1) is 0 Å². The number of hydrogen-bond donors (Lipinski definition) is 0. The Bertz CT molecular complexity index is 862. The van der Waals surface area contributed by atoms with Crippen LogP contribution >= 0.6 is 0 Å². The summed E-state index contributed by atoms with van der Waals surface area (Å²) < 4.78 is 0. The summed E-state index contributed by atoms with van der Waals surface area (Å²) in [6, 6.07) is 18.2. The van der Waals surface area contributed by atoms with Crippen molar-refractivity contribution in [2.24, 2.45) is 0 Å². The molecule has 0 aliphatic rings. The molecule has 3 aromatic rings. The van der Waals surface area contributed by atoms with Crippen LogP contribution in [0.3, 0.4) is 0 Å². The molecule has 26 heavy (non-hydrogen) atoms. The first kappa shape index (κ1) is 18.5. The van der Waals surface area contributed by atoms with Gasteiger partial charge in [-0.3, -0.25) is 0 Å². The van der Waals surface area contributed by atoms with Crippen LogP contribution in [0, 0.1) is 48.5 Å². The minimum absolute atomic E-state index is 0.275. The second-order valence-electron chi connectivity index (χ2n) is 7.91. The van der Waals surface area contributed by atoms with Gasteiger partial charge in [-0.1, -0.05) is 104 Å². The van der Waals surface area contributed by atoms with Gasteiger partial charge in [-0.25, -0.2) is 0 Å². The second kappa shape index (κ2) is 7.15. The first-order valence-corrected chi connectivity index (χ1v) is 9.50. The van der Waals surface area contributed by atoms with Gasteiger partial charge in [-0.2, -0.15) is 0 Å². The molecule has 132 valence electrons. The van der Waals surface area contributed by atoms with Gasteiger partial charge in [-0.05, 0) is 48.5 Å². The molecular weight excluding hydrogens is 311 g/mol. The molecule has 1 heteroatoms. The summed E-state index contributed by atoms with van der Waals surface area (Å²) in [6.45, 7) is 15.9. The lowest BCUT2D eigenvalue weighted by atomic mass is 9.33. The molecule has 0 aromatic heterocycles. The minimum Gasteiger partial charge on any atom is -0.0667 e. The quantitative estimate of drug-likeness (QED) is 0.622. The van der Waals surface area contributed by atoms with E-state index in [0.29, 0.717) is 0 Å². The molecule has 0 heterocycles. The predicted octanol–water partition coefficient (Wildman–Crippen LogP) is 4.36. The van der Waals surface area contributed by atoms with Crippen molar-refractivity contribution >= 4 is 23.1 Å². The van der Waals surface area contributed by atoms with Gasteiger partial charge in [0, 0.05) is 0 Å². The van der Waals surface area contributed by atoms with E-state index in [1.807, 2.05) is 0 Å². The molecule has 3 aromatic carbocycles. The van der Waals surface area contributed by atoms with Crippen molar-refractivity contribution in [3.05, 3.63) is 87.5 Å². The number of benzene rings is 3. The monoisotopic (exact) mass is 340 g/mol.